The normalized spacial score (nSPS) is 17.6. The van der Waals surface area contributed by atoms with Crippen LogP contribution < -0.4 is 22.1 Å². The van der Waals surface area contributed by atoms with Gasteiger partial charge in [0.2, 0.25) is 17.7 Å². The molecule has 8 N–H and O–H groups in total. The highest BCUT2D eigenvalue weighted by Crippen LogP contribution is 2.20. The summed E-state index contributed by atoms with van der Waals surface area (Å²) in [5.41, 5.74) is 12.4. The molecule has 1 aliphatic heterocycles. The van der Waals surface area contributed by atoms with Crippen molar-refractivity contribution in [2.24, 2.45) is 11.5 Å². The number of amides is 3. The molecule has 2 rings (SSSR count). The standard InChI is InChI=1S/C25H39N5O6S/c1-37-14-11-20(24(34)30-13-4-6-21(30)25(35)36)29-23(33)19(5-2-3-12-26)28-22(32)18(27)15-16-7-9-17(31)10-8-16/h7-10,18-21,31H,2-6,11-15,26-27H2,1H3,(H,28,32)(H,29,33)(H,35,36). The number of unbranched alkanes of at least 4 members (excludes halogenated alkanes) is 1. The minimum atomic E-state index is -1.06. The van der Waals surface area contributed by atoms with Crippen molar-refractivity contribution in [1.82, 2.24) is 15.5 Å². The minimum absolute atomic E-state index is 0.104. The van der Waals surface area contributed by atoms with Gasteiger partial charge in [0.25, 0.3) is 0 Å². The Bertz CT molecular complexity index is 915. The van der Waals surface area contributed by atoms with E-state index in [4.69, 9.17) is 11.5 Å². The number of carbonyl (C=O) groups is 4. The van der Waals surface area contributed by atoms with E-state index in [1.165, 1.54) is 28.8 Å². The first-order valence-corrected chi connectivity index (χ1v) is 13.9. The number of phenols is 1. The number of hydrogen-bond donors (Lipinski definition) is 6. The van der Waals surface area contributed by atoms with Gasteiger partial charge in [-0.25, -0.2) is 4.79 Å². The Kier molecular flexibility index (Phi) is 12.7. The van der Waals surface area contributed by atoms with Gasteiger partial charge in [0.15, 0.2) is 0 Å². The Morgan fingerprint density at radius 2 is 1.76 bits per heavy atom. The molecule has 11 nitrogen and oxygen atoms in total. The fraction of sp³-hybridized carbons (Fsp3) is 0.600. The fourth-order valence-corrected chi connectivity index (χ4v) is 4.74. The third-order valence-electron chi connectivity index (χ3n) is 6.35. The van der Waals surface area contributed by atoms with E-state index in [1.807, 2.05) is 6.26 Å². The molecule has 1 fully saturated rings. The predicted octanol–water partition coefficient (Wildman–Crippen LogP) is 0.189. The zero-order valence-electron chi connectivity index (χ0n) is 21.2. The topological polar surface area (TPSA) is 188 Å². The van der Waals surface area contributed by atoms with Gasteiger partial charge in [-0.3, -0.25) is 14.4 Å². The summed E-state index contributed by atoms with van der Waals surface area (Å²) in [4.78, 5) is 52.3. The second-order valence-electron chi connectivity index (χ2n) is 9.19. The molecular weight excluding hydrogens is 498 g/mol. The van der Waals surface area contributed by atoms with Crippen LogP contribution in [0.2, 0.25) is 0 Å². The number of benzene rings is 1. The number of nitrogens with one attached hydrogen (secondary N) is 2. The maximum absolute atomic E-state index is 13.3. The molecule has 4 unspecified atom stereocenters. The van der Waals surface area contributed by atoms with E-state index in [-0.39, 0.29) is 12.2 Å². The number of hydrogen-bond acceptors (Lipinski definition) is 8. The van der Waals surface area contributed by atoms with Crippen LogP contribution in [0.3, 0.4) is 0 Å². The maximum Gasteiger partial charge on any atom is 0.326 e. The molecule has 0 saturated carbocycles. The predicted molar refractivity (Wildman–Crippen MR) is 142 cm³/mol. The van der Waals surface area contributed by atoms with Crippen molar-refractivity contribution >= 4 is 35.5 Å². The third-order valence-corrected chi connectivity index (χ3v) is 7.00. The van der Waals surface area contributed by atoms with Gasteiger partial charge in [-0.05, 0) is 81.2 Å². The van der Waals surface area contributed by atoms with Crippen molar-refractivity contribution in [3.63, 3.8) is 0 Å². The van der Waals surface area contributed by atoms with Gasteiger partial charge in [0, 0.05) is 6.54 Å². The van der Waals surface area contributed by atoms with Gasteiger partial charge in [-0.2, -0.15) is 11.8 Å². The molecule has 0 aromatic heterocycles. The number of likely N-dealkylation sites (tertiary alicyclic amines) is 1. The third kappa shape index (κ3) is 9.52. The van der Waals surface area contributed by atoms with Crippen LogP contribution in [0.15, 0.2) is 24.3 Å². The van der Waals surface area contributed by atoms with Gasteiger partial charge >= 0.3 is 5.97 Å². The molecule has 3 amide bonds. The lowest BCUT2D eigenvalue weighted by atomic mass is 10.0. The quantitative estimate of drug-likeness (QED) is 0.170. The molecule has 12 heteroatoms. The average molecular weight is 538 g/mol. The van der Waals surface area contributed by atoms with Crippen LogP contribution in [-0.2, 0) is 25.6 Å². The number of carbonyl (C=O) groups excluding carboxylic acids is 3. The monoisotopic (exact) mass is 537 g/mol. The molecule has 1 heterocycles. The molecule has 1 aliphatic rings. The van der Waals surface area contributed by atoms with Gasteiger partial charge in [-0.15, -0.1) is 0 Å². The summed E-state index contributed by atoms with van der Waals surface area (Å²) < 4.78 is 0. The van der Waals surface area contributed by atoms with E-state index in [2.05, 4.69) is 10.6 Å². The van der Waals surface area contributed by atoms with Crippen LogP contribution in [0.4, 0.5) is 0 Å². The van der Waals surface area contributed by atoms with Crippen molar-refractivity contribution < 1.29 is 29.4 Å². The lowest BCUT2D eigenvalue weighted by Crippen LogP contribution is -2.57. The Morgan fingerprint density at radius 1 is 1.08 bits per heavy atom. The zero-order chi connectivity index (χ0) is 27.4. The first-order chi connectivity index (χ1) is 17.7. The van der Waals surface area contributed by atoms with Gasteiger partial charge in [0.05, 0.1) is 6.04 Å². The summed E-state index contributed by atoms with van der Waals surface area (Å²) in [7, 11) is 0. The minimum Gasteiger partial charge on any atom is -0.508 e. The maximum atomic E-state index is 13.3. The van der Waals surface area contributed by atoms with Crippen LogP contribution in [0.1, 0.15) is 44.1 Å². The number of aliphatic carboxylic acids is 1. The summed E-state index contributed by atoms with van der Waals surface area (Å²) in [6.07, 6.45) is 4.93. The number of nitrogens with zero attached hydrogens (tertiary/aromatic N) is 1. The molecule has 0 radical (unpaired) electrons. The van der Waals surface area contributed by atoms with Crippen LogP contribution >= 0.6 is 11.8 Å². The Labute approximate surface area is 221 Å². The second-order valence-corrected chi connectivity index (χ2v) is 10.2. The molecule has 1 aromatic rings. The summed E-state index contributed by atoms with van der Waals surface area (Å²) in [6, 6.07) is 2.68. The molecule has 1 aromatic carbocycles. The smallest absolute Gasteiger partial charge is 0.326 e. The molecule has 206 valence electrons. The number of nitrogens with two attached hydrogens (primary N) is 2. The molecular formula is C25H39N5O6S. The number of rotatable bonds is 15. The Balaban J connectivity index is 2.11. The fourth-order valence-electron chi connectivity index (χ4n) is 4.27. The van der Waals surface area contributed by atoms with Crippen molar-refractivity contribution in [3.05, 3.63) is 29.8 Å². The Hall–Kier alpha value is -2.83. The van der Waals surface area contributed by atoms with E-state index in [0.29, 0.717) is 57.4 Å². The van der Waals surface area contributed by atoms with Crippen LogP contribution in [0.5, 0.6) is 5.75 Å². The molecule has 0 bridgehead atoms. The lowest BCUT2D eigenvalue weighted by Gasteiger charge is -2.29. The van der Waals surface area contributed by atoms with Crippen molar-refractivity contribution in [2.75, 3.05) is 25.1 Å². The average Bonchev–Trinajstić information content (AvgIpc) is 3.37. The molecule has 0 spiro atoms. The zero-order valence-corrected chi connectivity index (χ0v) is 22.0. The number of carboxylic acids is 1. The highest BCUT2D eigenvalue weighted by Gasteiger charge is 2.38. The summed E-state index contributed by atoms with van der Waals surface area (Å²) >= 11 is 1.51. The second kappa shape index (κ2) is 15.4. The van der Waals surface area contributed by atoms with Crippen molar-refractivity contribution in [2.45, 2.75) is 69.1 Å². The largest absolute Gasteiger partial charge is 0.508 e. The SMILES string of the molecule is CSCCC(NC(=O)C(CCCCN)NC(=O)C(N)Cc1ccc(O)cc1)C(=O)N1CCCC1C(=O)O. The van der Waals surface area contributed by atoms with Gasteiger partial charge < -0.3 is 37.2 Å². The summed E-state index contributed by atoms with van der Waals surface area (Å²) in [5, 5.41) is 24.4. The highest BCUT2D eigenvalue weighted by molar-refractivity contribution is 7.98. The Morgan fingerprint density at radius 3 is 2.38 bits per heavy atom. The van der Waals surface area contributed by atoms with Gasteiger partial charge in [0.1, 0.15) is 23.9 Å². The van der Waals surface area contributed by atoms with Crippen LogP contribution in [-0.4, -0.2) is 88.1 Å². The summed E-state index contributed by atoms with van der Waals surface area (Å²) in [5.74, 6) is -1.83. The van der Waals surface area contributed by atoms with Crippen LogP contribution in [0.25, 0.3) is 0 Å². The number of phenolic OH excluding ortho intramolecular Hbond substituents is 1. The van der Waals surface area contributed by atoms with E-state index in [1.54, 1.807) is 12.1 Å². The molecule has 1 saturated heterocycles. The molecule has 4 atom stereocenters. The van der Waals surface area contributed by atoms with Gasteiger partial charge in [-0.1, -0.05) is 12.1 Å². The first-order valence-electron chi connectivity index (χ1n) is 12.5. The highest BCUT2D eigenvalue weighted by atomic mass is 32.2. The number of aromatic hydroxyl groups is 1. The lowest BCUT2D eigenvalue weighted by molar-refractivity contribution is -0.149. The van der Waals surface area contributed by atoms with E-state index in [0.717, 1.165) is 5.56 Å². The van der Waals surface area contributed by atoms with Crippen molar-refractivity contribution in [3.8, 4) is 5.75 Å². The summed E-state index contributed by atoms with van der Waals surface area (Å²) in [6.45, 7) is 0.757. The van der Waals surface area contributed by atoms with E-state index < -0.39 is 47.9 Å². The van der Waals surface area contributed by atoms with Crippen molar-refractivity contribution in [1.29, 1.82) is 0 Å². The first kappa shape index (κ1) is 30.4. The number of thioether (sulfide) groups is 1. The van der Waals surface area contributed by atoms with E-state index >= 15 is 0 Å². The van der Waals surface area contributed by atoms with Crippen LogP contribution in [0, 0.1) is 0 Å². The molecule has 0 aliphatic carbocycles. The van der Waals surface area contributed by atoms with E-state index in [9.17, 15) is 29.4 Å². The molecule has 37 heavy (non-hydrogen) atoms. The number of carboxylic acid groups (broad SMARTS) is 1.